The van der Waals surface area contributed by atoms with E-state index < -0.39 is 10.0 Å². The third-order valence-electron chi connectivity index (χ3n) is 6.23. The molecule has 4 aromatic rings. The molecule has 0 spiro atoms. The molecular formula is C24H27N5O3S2. The van der Waals surface area contributed by atoms with Crippen LogP contribution in [0.2, 0.25) is 0 Å². The van der Waals surface area contributed by atoms with E-state index in [4.69, 9.17) is 4.52 Å². The van der Waals surface area contributed by atoms with Gasteiger partial charge >= 0.3 is 0 Å². The molecular weight excluding hydrogens is 470 g/mol. The Morgan fingerprint density at radius 1 is 1.03 bits per heavy atom. The molecule has 0 saturated carbocycles. The summed E-state index contributed by atoms with van der Waals surface area (Å²) in [5.41, 5.74) is 1.91. The summed E-state index contributed by atoms with van der Waals surface area (Å²) in [6.45, 7) is 7.83. The maximum atomic E-state index is 13.0. The number of hydrogen-bond acceptors (Lipinski definition) is 8. The van der Waals surface area contributed by atoms with Gasteiger partial charge in [0.25, 0.3) is 10.0 Å². The predicted octanol–water partition coefficient (Wildman–Crippen LogP) is 4.07. The van der Waals surface area contributed by atoms with Crippen LogP contribution in [0.3, 0.4) is 0 Å². The molecule has 10 heteroatoms. The zero-order chi connectivity index (χ0) is 23.7. The second-order valence-electron chi connectivity index (χ2n) is 8.50. The van der Waals surface area contributed by atoms with E-state index in [-0.39, 0.29) is 10.7 Å². The van der Waals surface area contributed by atoms with Crippen molar-refractivity contribution in [3.05, 3.63) is 65.5 Å². The van der Waals surface area contributed by atoms with Crippen molar-refractivity contribution in [2.24, 2.45) is 0 Å². The van der Waals surface area contributed by atoms with Crippen LogP contribution in [-0.4, -0.2) is 55.6 Å². The van der Waals surface area contributed by atoms with Crippen LogP contribution in [0.5, 0.6) is 0 Å². The number of benzene rings is 2. The Kier molecular flexibility index (Phi) is 6.28. The largest absolute Gasteiger partial charge is 0.360 e. The first-order valence-corrected chi connectivity index (χ1v) is 13.5. The fraction of sp³-hybridized carbons (Fsp3) is 0.333. The molecule has 1 aliphatic rings. The van der Waals surface area contributed by atoms with E-state index in [9.17, 15) is 8.42 Å². The number of aryl methyl sites for hydroxylation is 2. The smallest absolute Gasteiger partial charge is 0.267 e. The minimum Gasteiger partial charge on any atom is -0.360 e. The molecule has 2 aromatic carbocycles. The number of para-hydroxylation sites is 1. The molecule has 0 unspecified atom stereocenters. The molecule has 2 aromatic heterocycles. The minimum atomic E-state index is -3.78. The van der Waals surface area contributed by atoms with Crippen LogP contribution < -0.4 is 9.62 Å². The molecule has 0 atom stereocenters. The monoisotopic (exact) mass is 497 g/mol. The molecule has 34 heavy (non-hydrogen) atoms. The molecule has 5 rings (SSSR count). The van der Waals surface area contributed by atoms with E-state index >= 15 is 0 Å². The van der Waals surface area contributed by atoms with Crippen LogP contribution in [0, 0.1) is 13.8 Å². The average Bonchev–Trinajstić information content (AvgIpc) is 3.42. The number of rotatable bonds is 7. The van der Waals surface area contributed by atoms with Crippen LogP contribution in [0.1, 0.15) is 17.0 Å². The molecule has 0 bridgehead atoms. The summed E-state index contributed by atoms with van der Waals surface area (Å²) in [6.07, 6.45) is 0.750. The topological polar surface area (TPSA) is 91.6 Å². The highest BCUT2D eigenvalue weighted by Crippen LogP contribution is 2.30. The van der Waals surface area contributed by atoms with Crippen molar-refractivity contribution in [2.45, 2.75) is 25.2 Å². The Hall–Kier alpha value is -2.95. The van der Waals surface area contributed by atoms with Gasteiger partial charge in [-0.3, -0.25) is 9.62 Å². The lowest BCUT2D eigenvalue weighted by Gasteiger charge is -2.35. The van der Waals surface area contributed by atoms with Crippen molar-refractivity contribution in [2.75, 3.05) is 42.3 Å². The lowest BCUT2D eigenvalue weighted by Crippen LogP contribution is -2.47. The summed E-state index contributed by atoms with van der Waals surface area (Å²) in [6, 6.07) is 15.9. The first kappa shape index (κ1) is 22.8. The maximum Gasteiger partial charge on any atom is 0.267 e. The summed E-state index contributed by atoms with van der Waals surface area (Å²) < 4.78 is 39.6. The molecule has 1 N–H and O–H groups in total. The van der Waals surface area contributed by atoms with E-state index in [2.05, 4.69) is 48.3 Å². The van der Waals surface area contributed by atoms with Crippen molar-refractivity contribution in [1.82, 2.24) is 14.4 Å². The first-order valence-electron chi connectivity index (χ1n) is 11.3. The summed E-state index contributed by atoms with van der Waals surface area (Å²) in [5.74, 6) is 1.37. The van der Waals surface area contributed by atoms with Gasteiger partial charge in [0.1, 0.15) is 11.5 Å². The van der Waals surface area contributed by atoms with Gasteiger partial charge in [-0.15, -0.1) is 0 Å². The Balaban J connectivity index is 1.22. The molecule has 0 aliphatic carbocycles. The van der Waals surface area contributed by atoms with Gasteiger partial charge in [0.15, 0.2) is 10.7 Å². The van der Waals surface area contributed by atoms with Crippen molar-refractivity contribution in [1.29, 1.82) is 0 Å². The van der Waals surface area contributed by atoms with E-state index in [1.165, 1.54) is 10.1 Å². The van der Waals surface area contributed by atoms with E-state index in [1.807, 2.05) is 18.2 Å². The number of nitrogens with one attached hydrogen (secondary N) is 1. The molecule has 0 radical (unpaired) electrons. The average molecular weight is 498 g/mol. The van der Waals surface area contributed by atoms with Crippen molar-refractivity contribution in [3.8, 4) is 0 Å². The zero-order valence-electron chi connectivity index (χ0n) is 19.2. The summed E-state index contributed by atoms with van der Waals surface area (Å²) in [5, 5.41) is 5.00. The normalized spacial score (nSPS) is 15.2. The number of sulfonamides is 1. The van der Waals surface area contributed by atoms with Gasteiger partial charge in [0.05, 0.1) is 10.4 Å². The minimum absolute atomic E-state index is 0.105. The standard InChI is InChI=1S/C24H27N5O3S2/c1-17-23(18(2)32-25-17)34(30,31)27-21-9-5-3-7-19(21)11-12-28-13-15-29(16-14-28)24-20-8-4-6-10-22(20)33-26-24/h3-10,27H,11-16H2,1-2H3. The lowest BCUT2D eigenvalue weighted by molar-refractivity contribution is 0.261. The van der Waals surface area contributed by atoms with Crippen LogP contribution in [-0.2, 0) is 16.4 Å². The van der Waals surface area contributed by atoms with E-state index in [0.717, 1.165) is 50.5 Å². The van der Waals surface area contributed by atoms with Crippen LogP contribution in [0.15, 0.2) is 57.9 Å². The highest BCUT2D eigenvalue weighted by Gasteiger charge is 2.25. The van der Waals surface area contributed by atoms with Crippen LogP contribution in [0.25, 0.3) is 10.1 Å². The summed E-state index contributed by atoms with van der Waals surface area (Å²) in [7, 11) is -3.78. The predicted molar refractivity (Wildman–Crippen MR) is 135 cm³/mol. The second kappa shape index (κ2) is 9.36. The van der Waals surface area contributed by atoms with Crippen molar-refractivity contribution < 1.29 is 12.9 Å². The van der Waals surface area contributed by atoms with Gasteiger partial charge in [-0.05, 0) is 55.6 Å². The molecule has 0 amide bonds. The van der Waals surface area contributed by atoms with Crippen LogP contribution in [0.4, 0.5) is 11.5 Å². The van der Waals surface area contributed by atoms with Crippen molar-refractivity contribution >= 4 is 43.1 Å². The number of nitrogens with zero attached hydrogens (tertiary/aromatic N) is 4. The molecule has 1 fully saturated rings. The Bertz CT molecular complexity index is 1390. The van der Waals surface area contributed by atoms with E-state index in [0.29, 0.717) is 11.4 Å². The third-order valence-corrected chi connectivity index (χ3v) is 8.65. The van der Waals surface area contributed by atoms with Gasteiger partial charge in [0, 0.05) is 38.1 Å². The Morgan fingerprint density at radius 3 is 2.53 bits per heavy atom. The van der Waals surface area contributed by atoms with Gasteiger partial charge < -0.3 is 9.42 Å². The summed E-state index contributed by atoms with van der Waals surface area (Å²) >= 11 is 1.55. The third kappa shape index (κ3) is 4.53. The van der Waals surface area contributed by atoms with E-state index in [1.54, 1.807) is 31.4 Å². The number of aromatic nitrogens is 2. The van der Waals surface area contributed by atoms with Crippen LogP contribution >= 0.6 is 11.5 Å². The fourth-order valence-corrected chi connectivity index (χ4v) is 6.68. The van der Waals surface area contributed by atoms with Gasteiger partial charge in [-0.1, -0.05) is 35.5 Å². The SMILES string of the molecule is Cc1noc(C)c1S(=O)(=O)Nc1ccccc1CCN1CCN(c2nsc3ccccc23)CC1. The molecule has 8 nitrogen and oxygen atoms in total. The van der Waals surface area contributed by atoms with Gasteiger partial charge in [0.2, 0.25) is 0 Å². The number of hydrogen-bond donors (Lipinski definition) is 1. The number of anilines is 2. The molecule has 178 valence electrons. The van der Waals surface area contributed by atoms with Gasteiger partial charge in [-0.25, -0.2) is 8.42 Å². The molecule has 1 saturated heterocycles. The second-order valence-corrected chi connectivity index (χ2v) is 10.9. The quantitative estimate of drug-likeness (QED) is 0.412. The molecule has 1 aliphatic heterocycles. The first-order chi connectivity index (χ1) is 16.4. The Morgan fingerprint density at radius 2 is 1.76 bits per heavy atom. The fourth-order valence-electron chi connectivity index (χ4n) is 4.45. The van der Waals surface area contributed by atoms with Crippen molar-refractivity contribution in [3.63, 3.8) is 0 Å². The summed E-state index contributed by atoms with van der Waals surface area (Å²) in [4.78, 5) is 4.89. The number of piperazine rings is 1. The molecule has 3 heterocycles. The zero-order valence-corrected chi connectivity index (χ0v) is 20.8. The number of fused-ring (bicyclic) bond motifs is 1. The lowest BCUT2D eigenvalue weighted by atomic mass is 10.1. The highest BCUT2D eigenvalue weighted by molar-refractivity contribution is 7.92. The van der Waals surface area contributed by atoms with Gasteiger partial charge in [-0.2, -0.15) is 4.37 Å². The Labute approximate surface area is 203 Å². The maximum absolute atomic E-state index is 13.0. The highest BCUT2D eigenvalue weighted by atomic mass is 32.2.